The summed E-state index contributed by atoms with van der Waals surface area (Å²) in [6.07, 6.45) is 5.40. The lowest BCUT2D eigenvalue weighted by Gasteiger charge is -2.39. The van der Waals surface area contributed by atoms with Crippen molar-refractivity contribution in [3.8, 4) is 0 Å². The van der Waals surface area contributed by atoms with Crippen LogP contribution in [0.2, 0.25) is 0 Å². The highest BCUT2D eigenvalue weighted by molar-refractivity contribution is 4.87. The van der Waals surface area contributed by atoms with Gasteiger partial charge in [0.05, 0.1) is 31.6 Å². The van der Waals surface area contributed by atoms with Crippen LogP contribution in [0.1, 0.15) is 0 Å². The second kappa shape index (κ2) is 2.88. The number of rotatable bonds is 3. The van der Waals surface area contributed by atoms with Gasteiger partial charge in [-0.3, -0.25) is 0 Å². The molecule has 1 fully saturated rings. The summed E-state index contributed by atoms with van der Waals surface area (Å²) in [5.41, 5.74) is -0.0549. The average Bonchev–Trinajstić information content (AvgIpc) is 2.49. The molecule has 0 saturated carbocycles. The van der Waals surface area contributed by atoms with Gasteiger partial charge in [-0.05, 0) is 0 Å². The number of ether oxygens (including phenoxy) is 1. The predicted octanol–water partition coefficient (Wildman–Crippen LogP) is -0.108. The second-order valence-electron chi connectivity index (χ2n) is 3.39. The van der Waals surface area contributed by atoms with Crippen LogP contribution in [0.5, 0.6) is 0 Å². The lowest BCUT2D eigenvalue weighted by Crippen LogP contribution is -2.48. The van der Waals surface area contributed by atoms with Gasteiger partial charge in [0.25, 0.3) is 0 Å². The number of hydrogen-bond acceptors (Lipinski definition) is 3. The van der Waals surface area contributed by atoms with Crippen molar-refractivity contribution in [2.75, 3.05) is 19.8 Å². The van der Waals surface area contributed by atoms with Crippen LogP contribution in [-0.4, -0.2) is 34.5 Å². The van der Waals surface area contributed by atoms with Crippen LogP contribution < -0.4 is 0 Å². The van der Waals surface area contributed by atoms with E-state index in [0.29, 0.717) is 13.2 Å². The zero-order chi connectivity index (χ0) is 8.44. The molecule has 0 radical (unpaired) electrons. The molecule has 0 unspecified atom stereocenters. The van der Waals surface area contributed by atoms with Crippen molar-refractivity contribution in [3.05, 3.63) is 18.7 Å². The van der Waals surface area contributed by atoms with Crippen LogP contribution in [-0.2, 0) is 11.3 Å². The molecule has 0 aromatic carbocycles. The molecule has 1 aromatic heterocycles. The van der Waals surface area contributed by atoms with Crippen LogP contribution in [0, 0.1) is 5.41 Å². The number of hydrogen-bond donors (Lipinski definition) is 1. The minimum Gasteiger partial charge on any atom is -0.396 e. The fourth-order valence-corrected chi connectivity index (χ4v) is 1.39. The molecule has 1 aliphatic rings. The van der Waals surface area contributed by atoms with E-state index in [0.717, 1.165) is 6.54 Å². The smallest absolute Gasteiger partial charge is 0.0946 e. The SMILES string of the molecule is OCC1(Cn2ccnc2)COC1. The summed E-state index contributed by atoms with van der Waals surface area (Å²) in [6, 6.07) is 0. The van der Waals surface area contributed by atoms with E-state index in [-0.39, 0.29) is 12.0 Å². The fourth-order valence-electron chi connectivity index (χ4n) is 1.39. The quantitative estimate of drug-likeness (QED) is 0.685. The van der Waals surface area contributed by atoms with Gasteiger partial charge in [-0.1, -0.05) is 0 Å². The number of aliphatic hydroxyl groups is 1. The molecule has 1 aromatic rings. The van der Waals surface area contributed by atoms with Crippen molar-refractivity contribution in [2.45, 2.75) is 6.54 Å². The van der Waals surface area contributed by atoms with Gasteiger partial charge in [0.1, 0.15) is 0 Å². The number of imidazole rings is 1. The summed E-state index contributed by atoms with van der Waals surface area (Å²) in [5.74, 6) is 0. The molecular weight excluding hydrogens is 156 g/mol. The lowest BCUT2D eigenvalue weighted by molar-refractivity contribution is -0.144. The van der Waals surface area contributed by atoms with Crippen LogP contribution in [0.15, 0.2) is 18.7 Å². The first kappa shape index (κ1) is 7.76. The Hall–Kier alpha value is -0.870. The second-order valence-corrected chi connectivity index (χ2v) is 3.39. The van der Waals surface area contributed by atoms with Crippen LogP contribution in [0.3, 0.4) is 0 Å². The normalized spacial score (nSPS) is 20.4. The first-order valence-electron chi connectivity index (χ1n) is 3.99. The molecule has 0 atom stereocenters. The molecular formula is C8H12N2O2. The van der Waals surface area contributed by atoms with Gasteiger partial charge >= 0.3 is 0 Å². The number of nitrogens with zero attached hydrogens (tertiary/aromatic N) is 2. The topological polar surface area (TPSA) is 47.3 Å². The molecule has 1 aliphatic heterocycles. The van der Waals surface area contributed by atoms with Crippen molar-refractivity contribution in [2.24, 2.45) is 5.41 Å². The van der Waals surface area contributed by atoms with E-state index >= 15 is 0 Å². The Kier molecular flexibility index (Phi) is 1.86. The Bertz CT molecular complexity index is 236. The highest BCUT2D eigenvalue weighted by Gasteiger charge is 2.38. The van der Waals surface area contributed by atoms with E-state index in [1.165, 1.54) is 0 Å². The highest BCUT2D eigenvalue weighted by atomic mass is 16.5. The molecule has 2 heterocycles. The Balaban J connectivity index is 2.01. The minimum atomic E-state index is -0.0549. The molecule has 0 aliphatic carbocycles. The maximum absolute atomic E-state index is 9.12. The van der Waals surface area contributed by atoms with Gasteiger partial charge in [-0.25, -0.2) is 4.98 Å². The van der Waals surface area contributed by atoms with Crippen molar-refractivity contribution >= 4 is 0 Å². The standard InChI is InChI=1S/C8H12N2O2/c11-4-8(5-12-6-8)3-10-2-1-9-7-10/h1-2,7,11H,3-6H2. The summed E-state index contributed by atoms with van der Waals surface area (Å²) in [5, 5.41) is 9.12. The van der Waals surface area contributed by atoms with Crippen molar-refractivity contribution < 1.29 is 9.84 Å². The van der Waals surface area contributed by atoms with E-state index < -0.39 is 0 Å². The first-order chi connectivity index (χ1) is 5.85. The maximum atomic E-state index is 9.12. The zero-order valence-electron chi connectivity index (χ0n) is 6.81. The molecule has 12 heavy (non-hydrogen) atoms. The fraction of sp³-hybridized carbons (Fsp3) is 0.625. The van der Waals surface area contributed by atoms with Gasteiger partial charge in [0.2, 0.25) is 0 Å². The van der Waals surface area contributed by atoms with E-state index in [9.17, 15) is 0 Å². The average molecular weight is 168 g/mol. The summed E-state index contributed by atoms with van der Waals surface area (Å²) >= 11 is 0. The zero-order valence-corrected chi connectivity index (χ0v) is 6.81. The van der Waals surface area contributed by atoms with Gasteiger partial charge < -0.3 is 14.4 Å². The Labute approximate surface area is 70.8 Å². The molecule has 66 valence electrons. The molecule has 0 bridgehead atoms. The molecule has 4 nitrogen and oxygen atoms in total. The summed E-state index contributed by atoms with van der Waals surface area (Å²) in [6.45, 7) is 2.29. The van der Waals surface area contributed by atoms with Crippen LogP contribution >= 0.6 is 0 Å². The summed E-state index contributed by atoms with van der Waals surface area (Å²) < 4.78 is 7.06. The third-order valence-electron chi connectivity index (χ3n) is 2.23. The van der Waals surface area contributed by atoms with Crippen molar-refractivity contribution in [1.29, 1.82) is 0 Å². The monoisotopic (exact) mass is 168 g/mol. The summed E-state index contributed by atoms with van der Waals surface area (Å²) in [7, 11) is 0. The van der Waals surface area contributed by atoms with Gasteiger partial charge in [-0.2, -0.15) is 0 Å². The van der Waals surface area contributed by atoms with E-state index in [2.05, 4.69) is 4.98 Å². The van der Waals surface area contributed by atoms with Crippen LogP contribution in [0.4, 0.5) is 0 Å². The number of aromatic nitrogens is 2. The minimum absolute atomic E-state index is 0.0549. The van der Waals surface area contributed by atoms with E-state index in [1.54, 1.807) is 12.5 Å². The lowest BCUT2D eigenvalue weighted by atomic mass is 9.87. The largest absolute Gasteiger partial charge is 0.396 e. The predicted molar refractivity (Wildman–Crippen MR) is 42.6 cm³/mol. The molecule has 2 rings (SSSR count). The third kappa shape index (κ3) is 1.23. The molecule has 1 saturated heterocycles. The Morgan fingerprint density at radius 1 is 1.58 bits per heavy atom. The van der Waals surface area contributed by atoms with E-state index in [1.807, 2.05) is 10.8 Å². The third-order valence-corrected chi connectivity index (χ3v) is 2.23. The Morgan fingerprint density at radius 2 is 2.42 bits per heavy atom. The van der Waals surface area contributed by atoms with Crippen molar-refractivity contribution in [1.82, 2.24) is 9.55 Å². The van der Waals surface area contributed by atoms with Crippen LogP contribution in [0.25, 0.3) is 0 Å². The van der Waals surface area contributed by atoms with Gasteiger partial charge in [0.15, 0.2) is 0 Å². The van der Waals surface area contributed by atoms with E-state index in [4.69, 9.17) is 9.84 Å². The molecule has 4 heteroatoms. The number of aliphatic hydroxyl groups excluding tert-OH is 1. The molecule has 0 amide bonds. The first-order valence-corrected chi connectivity index (χ1v) is 3.99. The summed E-state index contributed by atoms with van der Waals surface area (Å²) in [4.78, 5) is 3.94. The van der Waals surface area contributed by atoms with Gasteiger partial charge in [0, 0.05) is 18.9 Å². The molecule has 0 spiro atoms. The maximum Gasteiger partial charge on any atom is 0.0946 e. The highest BCUT2D eigenvalue weighted by Crippen LogP contribution is 2.28. The van der Waals surface area contributed by atoms with Crippen molar-refractivity contribution in [3.63, 3.8) is 0 Å². The Morgan fingerprint density at radius 3 is 2.83 bits per heavy atom. The van der Waals surface area contributed by atoms with Gasteiger partial charge in [-0.15, -0.1) is 0 Å². The molecule has 1 N–H and O–H groups in total.